The van der Waals surface area contributed by atoms with Gasteiger partial charge in [0.2, 0.25) is 5.88 Å². The van der Waals surface area contributed by atoms with E-state index in [1.54, 1.807) is 12.4 Å². The number of aryl methyl sites for hydroxylation is 2. The predicted molar refractivity (Wildman–Crippen MR) is 75.4 cm³/mol. The summed E-state index contributed by atoms with van der Waals surface area (Å²) in [6.07, 6.45) is 3.38. The fourth-order valence-electron chi connectivity index (χ4n) is 1.70. The van der Waals surface area contributed by atoms with Gasteiger partial charge in [-0.15, -0.1) is 0 Å². The summed E-state index contributed by atoms with van der Waals surface area (Å²) in [7, 11) is 0. The van der Waals surface area contributed by atoms with E-state index in [0.29, 0.717) is 12.4 Å². The zero-order valence-corrected chi connectivity index (χ0v) is 11.6. The highest BCUT2D eigenvalue weighted by Crippen LogP contribution is 2.24. The largest absolute Gasteiger partial charge is 0.437 e. The first-order chi connectivity index (χ1) is 9.19. The van der Waals surface area contributed by atoms with Gasteiger partial charge in [-0.2, -0.15) is 0 Å². The molecule has 0 bridgehead atoms. The second-order valence-corrected chi connectivity index (χ2v) is 4.50. The molecule has 4 nitrogen and oxygen atoms in total. The smallest absolute Gasteiger partial charge is 0.238 e. The van der Waals surface area contributed by atoms with E-state index in [4.69, 9.17) is 4.74 Å². The highest BCUT2D eigenvalue weighted by Gasteiger charge is 2.04. The molecule has 100 valence electrons. The monoisotopic (exact) mass is 257 g/mol. The van der Waals surface area contributed by atoms with Gasteiger partial charge in [0.15, 0.2) is 0 Å². The molecule has 19 heavy (non-hydrogen) atoms. The van der Waals surface area contributed by atoms with Gasteiger partial charge in [0.25, 0.3) is 0 Å². The zero-order chi connectivity index (χ0) is 13.7. The SMILES string of the molecule is CCNCc1cncc(Oc2cc(C)ccc2C)n1. The van der Waals surface area contributed by atoms with Crippen molar-refractivity contribution in [2.45, 2.75) is 27.3 Å². The van der Waals surface area contributed by atoms with Crippen molar-refractivity contribution in [1.82, 2.24) is 15.3 Å². The van der Waals surface area contributed by atoms with Crippen molar-refractivity contribution in [1.29, 1.82) is 0 Å². The molecule has 2 aromatic rings. The fourth-order valence-corrected chi connectivity index (χ4v) is 1.70. The molecule has 0 amide bonds. The average Bonchev–Trinajstić information content (AvgIpc) is 2.41. The van der Waals surface area contributed by atoms with Crippen molar-refractivity contribution in [3.8, 4) is 11.6 Å². The van der Waals surface area contributed by atoms with Crippen molar-refractivity contribution < 1.29 is 4.74 Å². The van der Waals surface area contributed by atoms with Crippen LogP contribution in [0.1, 0.15) is 23.7 Å². The third kappa shape index (κ3) is 3.76. The van der Waals surface area contributed by atoms with E-state index in [1.807, 2.05) is 26.0 Å². The lowest BCUT2D eigenvalue weighted by molar-refractivity contribution is 0.453. The molecule has 4 heteroatoms. The second-order valence-electron chi connectivity index (χ2n) is 4.50. The van der Waals surface area contributed by atoms with E-state index in [-0.39, 0.29) is 0 Å². The maximum atomic E-state index is 5.81. The molecule has 1 N–H and O–H groups in total. The van der Waals surface area contributed by atoms with E-state index >= 15 is 0 Å². The van der Waals surface area contributed by atoms with Gasteiger partial charge in [-0.3, -0.25) is 4.98 Å². The third-order valence-corrected chi connectivity index (χ3v) is 2.78. The molecule has 1 aromatic heterocycles. The summed E-state index contributed by atoms with van der Waals surface area (Å²) >= 11 is 0. The Kier molecular flexibility index (Phi) is 4.47. The van der Waals surface area contributed by atoms with Crippen LogP contribution in [0.25, 0.3) is 0 Å². The van der Waals surface area contributed by atoms with E-state index in [0.717, 1.165) is 29.1 Å². The molecule has 0 unspecified atom stereocenters. The van der Waals surface area contributed by atoms with Crippen molar-refractivity contribution >= 4 is 0 Å². The minimum absolute atomic E-state index is 0.532. The molecular formula is C15H19N3O. The number of hydrogen-bond acceptors (Lipinski definition) is 4. The van der Waals surface area contributed by atoms with Gasteiger partial charge in [-0.1, -0.05) is 19.1 Å². The topological polar surface area (TPSA) is 47.0 Å². The summed E-state index contributed by atoms with van der Waals surface area (Å²) in [5.41, 5.74) is 3.13. The Balaban J connectivity index is 2.16. The van der Waals surface area contributed by atoms with Crippen molar-refractivity contribution in [3.63, 3.8) is 0 Å². The number of benzene rings is 1. The van der Waals surface area contributed by atoms with Crippen LogP contribution in [0.4, 0.5) is 0 Å². The first kappa shape index (κ1) is 13.5. The summed E-state index contributed by atoms with van der Waals surface area (Å²) in [6, 6.07) is 6.12. The Labute approximate surface area is 113 Å². The second kappa shape index (κ2) is 6.29. The van der Waals surface area contributed by atoms with Gasteiger partial charge in [0.1, 0.15) is 5.75 Å². The number of rotatable bonds is 5. The first-order valence-corrected chi connectivity index (χ1v) is 6.46. The summed E-state index contributed by atoms with van der Waals surface area (Å²) in [5, 5.41) is 3.22. The molecule has 0 aliphatic heterocycles. The van der Waals surface area contributed by atoms with Crippen LogP contribution in [0.2, 0.25) is 0 Å². The molecule has 0 atom stereocenters. The van der Waals surface area contributed by atoms with Crippen LogP contribution in [0, 0.1) is 13.8 Å². The minimum Gasteiger partial charge on any atom is -0.437 e. The summed E-state index contributed by atoms with van der Waals surface area (Å²) in [5.74, 6) is 1.36. The van der Waals surface area contributed by atoms with Crippen LogP contribution < -0.4 is 10.1 Å². The van der Waals surface area contributed by atoms with Crippen LogP contribution in [0.3, 0.4) is 0 Å². The molecule has 1 heterocycles. The summed E-state index contributed by atoms with van der Waals surface area (Å²) < 4.78 is 5.81. The first-order valence-electron chi connectivity index (χ1n) is 6.46. The van der Waals surface area contributed by atoms with Crippen molar-refractivity contribution in [2.75, 3.05) is 6.54 Å². The normalized spacial score (nSPS) is 10.5. The fraction of sp³-hybridized carbons (Fsp3) is 0.333. The maximum Gasteiger partial charge on any atom is 0.238 e. The van der Waals surface area contributed by atoms with Gasteiger partial charge in [-0.05, 0) is 37.6 Å². The molecule has 2 rings (SSSR count). The summed E-state index contributed by atoms with van der Waals surface area (Å²) in [6.45, 7) is 7.73. The Morgan fingerprint density at radius 2 is 2.05 bits per heavy atom. The number of hydrogen-bond donors (Lipinski definition) is 1. The van der Waals surface area contributed by atoms with Crippen LogP contribution in [0.15, 0.2) is 30.6 Å². The van der Waals surface area contributed by atoms with Gasteiger partial charge < -0.3 is 10.1 Å². The van der Waals surface area contributed by atoms with Crippen molar-refractivity contribution in [3.05, 3.63) is 47.4 Å². The minimum atomic E-state index is 0.532. The van der Waals surface area contributed by atoms with Crippen molar-refractivity contribution in [2.24, 2.45) is 0 Å². The Hall–Kier alpha value is -1.94. The number of aromatic nitrogens is 2. The third-order valence-electron chi connectivity index (χ3n) is 2.78. The maximum absolute atomic E-state index is 5.81. The summed E-state index contributed by atoms with van der Waals surface area (Å²) in [4.78, 5) is 8.59. The zero-order valence-electron chi connectivity index (χ0n) is 11.6. The highest BCUT2D eigenvalue weighted by atomic mass is 16.5. The molecule has 0 aliphatic carbocycles. The number of nitrogens with one attached hydrogen (secondary N) is 1. The van der Waals surface area contributed by atoms with Gasteiger partial charge in [0.05, 0.1) is 11.9 Å². The lowest BCUT2D eigenvalue weighted by Gasteiger charge is -2.09. The standard InChI is InChI=1S/C15H19N3O/c1-4-16-8-13-9-17-10-15(18-13)19-14-7-11(2)5-6-12(14)3/h5-7,9-10,16H,4,8H2,1-3H3. The highest BCUT2D eigenvalue weighted by molar-refractivity contribution is 5.38. The van der Waals surface area contributed by atoms with E-state index in [1.165, 1.54) is 0 Å². The molecule has 0 fully saturated rings. The number of ether oxygens (including phenoxy) is 1. The molecule has 0 saturated carbocycles. The Bertz CT molecular complexity index is 555. The molecule has 0 saturated heterocycles. The Morgan fingerprint density at radius 3 is 2.84 bits per heavy atom. The van der Waals surface area contributed by atoms with Gasteiger partial charge in [-0.25, -0.2) is 4.98 Å². The molecule has 1 aromatic carbocycles. The van der Waals surface area contributed by atoms with Crippen LogP contribution in [-0.4, -0.2) is 16.5 Å². The van der Waals surface area contributed by atoms with Gasteiger partial charge >= 0.3 is 0 Å². The van der Waals surface area contributed by atoms with Crippen LogP contribution in [-0.2, 0) is 6.54 Å². The quantitative estimate of drug-likeness (QED) is 0.894. The lowest BCUT2D eigenvalue weighted by atomic mass is 10.1. The van der Waals surface area contributed by atoms with E-state index in [2.05, 4.69) is 28.3 Å². The molecule has 0 spiro atoms. The number of nitrogens with zero attached hydrogens (tertiary/aromatic N) is 2. The Morgan fingerprint density at radius 1 is 1.21 bits per heavy atom. The van der Waals surface area contributed by atoms with Crippen LogP contribution in [0.5, 0.6) is 11.6 Å². The lowest BCUT2D eigenvalue weighted by Crippen LogP contribution is -2.13. The van der Waals surface area contributed by atoms with E-state index < -0.39 is 0 Å². The van der Waals surface area contributed by atoms with Crippen LogP contribution >= 0.6 is 0 Å². The van der Waals surface area contributed by atoms with E-state index in [9.17, 15) is 0 Å². The predicted octanol–water partition coefficient (Wildman–Crippen LogP) is 3.00. The molecule has 0 radical (unpaired) electrons. The average molecular weight is 257 g/mol. The van der Waals surface area contributed by atoms with Gasteiger partial charge in [0, 0.05) is 12.7 Å². The molecule has 0 aliphatic rings. The molecular weight excluding hydrogens is 238 g/mol.